The van der Waals surface area contributed by atoms with Gasteiger partial charge in [-0.2, -0.15) is 0 Å². The first-order chi connectivity index (χ1) is 13.7. The largest absolute Gasteiger partial charge is 0.480 e. The van der Waals surface area contributed by atoms with Crippen LogP contribution in [0.4, 0.5) is 5.69 Å². The summed E-state index contributed by atoms with van der Waals surface area (Å²) in [6, 6.07) is 11.2. The molecule has 7 nitrogen and oxygen atoms in total. The van der Waals surface area contributed by atoms with Gasteiger partial charge in [0.2, 0.25) is 17.7 Å². The Morgan fingerprint density at radius 2 is 1.69 bits per heavy atom. The number of anilines is 1. The van der Waals surface area contributed by atoms with Crippen molar-refractivity contribution in [1.29, 1.82) is 0 Å². The van der Waals surface area contributed by atoms with Gasteiger partial charge in [0.1, 0.15) is 6.54 Å². The van der Waals surface area contributed by atoms with E-state index >= 15 is 0 Å². The maximum atomic E-state index is 13.4. The zero-order valence-corrected chi connectivity index (χ0v) is 16.4. The standard InChI is InChI=1S/C20H14Cl2N2O5/c21-12-3-1-2-11(6-12)9-24-16(25)8-20(19(24)29)14-7-13(22)4-5-15(14)23(18(20)28)10-17(26)27/h1-7H,8-10H2,(H,26,27)/t20-/m0/s1. The summed E-state index contributed by atoms with van der Waals surface area (Å²) in [6.45, 7) is -0.660. The van der Waals surface area contributed by atoms with Crippen LogP contribution in [0.1, 0.15) is 17.5 Å². The Balaban J connectivity index is 1.78. The third-order valence-electron chi connectivity index (χ3n) is 5.17. The van der Waals surface area contributed by atoms with Gasteiger partial charge in [0, 0.05) is 21.3 Å². The smallest absolute Gasteiger partial charge is 0.323 e. The number of carbonyl (C=O) groups excluding carboxylic acids is 3. The maximum absolute atomic E-state index is 13.4. The number of carboxylic acid groups (broad SMARTS) is 1. The number of nitrogens with zero attached hydrogens (tertiary/aromatic N) is 2. The molecule has 0 radical (unpaired) electrons. The third kappa shape index (κ3) is 2.97. The lowest BCUT2D eigenvalue weighted by atomic mass is 9.80. The Bertz CT molecular complexity index is 1090. The first-order valence-corrected chi connectivity index (χ1v) is 9.42. The van der Waals surface area contributed by atoms with E-state index in [-0.39, 0.29) is 29.2 Å². The Morgan fingerprint density at radius 3 is 2.38 bits per heavy atom. The number of imide groups is 1. The minimum absolute atomic E-state index is 0.0396. The Morgan fingerprint density at radius 1 is 1.00 bits per heavy atom. The maximum Gasteiger partial charge on any atom is 0.323 e. The second-order valence-corrected chi connectivity index (χ2v) is 7.82. The normalized spacial score (nSPS) is 20.7. The van der Waals surface area contributed by atoms with Crippen molar-refractivity contribution in [2.45, 2.75) is 18.4 Å². The van der Waals surface area contributed by atoms with E-state index in [4.69, 9.17) is 23.2 Å². The van der Waals surface area contributed by atoms with E-state index in [0.717, 1.165) is 9.80 Å². The molecule has 1 atom stereocenters. The summed E-state index contributed by atoms with van der Waals surface area (Å²) in [7, 11) is 0. The summed E-state index contributed by atoms with van der Waals surface area (Å²) in [6.07, 6.45) is -0.380. The molecular weight excluding hydrogens is 419 g/mol. The number of likely N-dealkylation sites (tertiary alicyclic amines) is 1. The lowest BCUT2D eigenvalue weighted by molar-refractivity contribution is -0.143. The van der Waals surface area contributed by atoms with Crippen LogP contribution in [0.25, 0.3) is 0 Å². The van der Waals surface area contributed by atoms with Gasteiger partial charge in [0.25, 0.3) is 0 Å². The first-order valence-electron chi connectivity index (χ1n) is 8.67. The fourth-order valence-corrected chi connectivity index (χ4v) is 4.31. The Kier molecular flexibility index (Phi) is 4.59. The van der Waals surface area contributed by atoms with Crippen LogP contribution in [0.5, 0.6) is 0 Å². The fourth-order valence-electron chi connectivity index (χ4n) is 3.93. The van der Waals surface area contributed by atoms with Crippen molar-refractivity contribution in [3.8, 4) is 0 Å². The quantitative estimate of drug-likeness (QED) is 0.591. The zero-order valence-electron chi connectivity index (χ0n) is 14.9. The van der Waals surface area contributed by atoms with Crippen LogP contribution in [-0.2, 0) is 31.1 Å². The molecular formula is C20H14Cl2N2O5. The van der Waals surface area contributed by atoms with Crippen LogP contribution >= 0.6 is 23.2 Å². The molecule has 3 amide bonds. The van der Waals surface area contributed by atoms with E-state index in [0.29, 0.717) is 10.6 Å². The summed E-state index contributed by atoms with van der Waals surface area (Å²) < 4.78 is 0. The lowest BCUT2D eigenvalue weighted by Crippen LogP contribution is -2.47. The van der Waals surface area contributed by atoms with Gasteiger partial charge in [-0.1, -0.05) is 35.3 Å². The van der Waals surface area contributed by atoms with Crippen molar-refractivity contribution in [3.63, 3.8) is 0 Å². The summed E-state index contributed by atoms with van der Waals surface area (Å²) in [4.78, 5) is 52.7. The van der Waals surface area contributed by atoms with Gasteiger partial charge in [-0.15, -0.1) is 0 Å². The van der Waals surface area contributed by atoms with Crippen molar-refractivity contribution in [1.82, 2.24) is 4.90 Å². The van der Waals surface area contributed by atoms with Crippen LogP contribution in [0.2, 0.25) is 10.0 Å². The van der Waals surface area contributed by atoms with Crippen LogP contribution < -0.4 is 4.90 Å². The molecule has 1 spiro atoms. The molecule has 0 bridgehead atoms. The number of fused-ring (bicyclic) bond motifs is 2. The van der Waals surface area contributed by atoms with Gasteiger partial charge < -0.3 is 5.11 Å². The van der Waals surface area contributed by atoms with E-state index in [1.807, 2.05) is 0 Å². The summed E-state index contributed by atoms with van der Waals surface area (Å²) in [5.41, 5.74) is -0.642. The molecule has 2 aliphatic rings. The molecule has 0 aliphatic carbocycles. The van der Waals surface area contributed by atoms with Gasteiger partial charge >= 0.3 is 5.97 Å². The molecule has 1 N–H and O–H groups in total. The minimum atomic E-state index is -1.80. The van der Waals surface area contributed by atoms with Crippen LogP contribution in [0.3, 0.4) is 0 Å². The van der Waals surface area contributed by atoms with E-state index in [1.54, 1.807) is 24.3 Å². The molecule has 0 aromatic heterocycles. The highest BCUT2D eigenvalue weighted by atomic mass is 35.5. The zero-order chi connectivity index (χ0) is 20.9. The average Bonchev–Trinajstić information content (AvgIpc) is 3.03. The number of amides is 3. The number of rotatable bonds is 4. The van der Waals surface area contributed by atoms with Crippen LogP contribution in [-0.4, -0.2) is 40.2 Å². The minimum Gasteiger partial charge on any atom is -0.480 e. The van der Waals surface area contributed by atoms with Gasteiger partial charge in [0.15, 0.2) is 5.41 Å². The van der Waals surface area contributed by atoms with Crippen LogP contribution in [0.15, 0.2) is 42.5 Å². The SMILES string of the molecule is O=C(O)CN1C(=O)[C@]2(CC(=O)N(Cc3cccc(Cl)c3)C2=O)c2cc(Cl)ccc21. The number of hydrogen-bond acceptors (Lipinski definition) is 4. The van der Waals surface area contributed by atoms with E-state index < -0.39 is 35.7 Å². The third-order valence-corrected chi connectivity index (χ3v) is 5.64. The molecule has 2 aromatic rings. The first kappa shape index (κ1) is 19.4. The Hall–Kier alpha value is -2.90. The van der Waals surface area contributed by atoms with Crippen LogP contribution in [0, 0.1) is 0 Å². The molecule has 0 saturated carbocycles. The average molecular weight is 433 g/mol. The van der Waals surface area contributed by atoms with Crippen molar-refractivity contribution < 1.29 is 24.3 Å². The van der Waals surface area contributed by atoms with Gasteiger partial charge in [-0.3, -0.25) is 29.0 Å². The van der Waals surface area contributed by atoms with Crippen molar-refractivity contribution in [2.75, 3.05) is 11.4 Å². The predicted molar refractivity (Wildman–Crippen MR) is 105 cm³/mol. The summed E-state index contributed by atoms with van der Waals surface area (Å²) in [5, 5.41) is 9.93. The van der Waals surface area contributed by atoms with Gasteiger partial charge in [-0.05, 0) is 35.9 Å². The highest BCUT2D eigenvalue weighted by Crippen LogP contribution is 2.49. The molecule has 2 heterocycles. The molecule has 29 heavy (non-hydrogen) atoms. The molecule has 9 heteroatoms. The molecule has 4 rings (SSSR count). The number of hydrogen-bond donors (Lipinski definition) is 1. The molecule has 1 saturated heterocycles. The highest BCUT2D eigenvalue weighted by Gasteiger charge is 2.63. The van der Waals surface area contributed by atoms with Crippen molar-refractivity contribution >= 4 is 52.6 Å². The van der Waals surface area contributed by atoms with E-state index in [9.17, 15) is 24.3 Å². The summed E-state index contributed by atoms with van der Waals surface area (Å²) >= 11 is 12.1. The number of carbonyl (C=O) groups is 4. The molecule has 1 fully saturated rings. The predicted octanol–water partition coefficient (Wildman–Crippen LogP) is 2.62. The van der Waals surface area contributed by atoms with E-state index in [1.165, 1.54) is 18.2 Å². The molecule has 2 aromatic carbocycles. The Labute approximate surface area is 175 Å². The number of halogens is 2. The van der Waals surface area contributed by atoms with Crippen molar-refractivity contribution in [3.05, 3.63) is 63.6 Å². The second kappa shape index (κ2) is 6.86. The molecule has 0 unspecified atom stereocenters. The topological polar surface area (TPSA) is 95.0 Å². The van der Waals surface area contributed by atoms with Gasteiger partial charge in [0.05, 0.1) is 13.0 Å². The lowest BCUT2D eigenvalue weighted by Gasteiger charge is -2.22. The van der Waals surface area contributed by atoms with Crippen molar-refractivity contribution in [2.24, 2.45) is 0 Å². The summed E-state index contributed by atoms with van der Waals surface area (Å²) in [5.74, 6) is -3.18. The van der Waals surface area contributed by atoms with E-state index in [2.05, 4.69) is 0 Å². The van der Waals surface area contributed by atoms with Gasteiger partial charge in [-0.25, -0.2) is 0 Å². The fraction of sp³-hybridized carbons (Fsp3) is 0.200. The monoisotopic (exact) mass is 432 g/mol. The molecule has 148 valence electrons. The number of benzene rings is 2. The molecule has 2 aliphatic heterocycles. The second-order valence-electron chi connectivity index (χ2n) is 6.94. The highest BCUT2D eigenvalue weighted by molar-refractivity contribution is 6.33. The number of aliphatic carboxylic acids is 1. The number of carboxylic acids is 1.